The fourth-order valence-electron chi connectivity index (χ4n) is 16.0. The number of carbonyl (C=O) groups excluding carboxylic acids is 5. The highest BCUT2D eigenvalue weighted by Crippen LogP contribution is 2.43. The summed E-state index contributed by atoms with van der Waals surface area (Å²) < 4.78 is 91.2. The molecule has 45 heteroatoms. The number of amidine groups is 4. The number of hydrogen-bond donors (Lipinski definition) is 7. The van der Waals surface area contributed by atoms with Gasteiger partial charge in [0, 0.05) is 202 Å². The van der Waals surface area contributed by atoms with Crippen LogP contribution in [0.1, 0.15) is 113 Å². The Balaban J connectivity index is 0.000000154. The molecule has 137 heavy (non-hydrogen) atoms. The van der Waals surface area contributed by atoms with Gasteiger partial charge < -0.3 is 79.2 Å². The zero-order chi connectivity index (χ0) is 97.0. The largest absolute Gasteiger partial charge is 0.468 e. The summed E-state index contributed by atoms with van der Waals surface area (Å²) in [5.74, 6) is -1.26. The Morgan fingerprint density at radius 1 is 0.445 bits per heavy atom. The number of aliphatic imine (C=N–C) groups is 4. The molecule has 4 aromatic carbocycles. The SMILES string of the molecule is CCOC(=O)C1=C(CN2CCOC(CCCO)C2)NC(c2nccs2)=NC1c1ccc(F)cc1Br.CCOC(=O)C1=C(CN2CCOC(CCOC=O)C2)NC(c2nccs2)=NC1c1ccc(F)cc1Cl.CCOC(=O)C1=C(CN2CCO[C@H](CO)C2)NC(c2nccs2)=NC1c1ccc(Cl)cc1Cl.CCOC(=O)C1=C(CN2CCO[C@H](CO)C2)NC(c2nccs2)=NC1c1ccc(F)cc1Cl. The van der Waals surface area contributed by atoms with Gasteiger partial charge >= 0.3 is 23.9 Å². The van der Waals surface area contributed by atoms with E-state index < -0.39 is 59.7 Å². The van der Waals surface area contributed by atoms with Gasteiger partial charge in [-0.15, -0.1) is 45.3 Å². The number of benzene rings is 4. The second-order valence-electron chi connectivity index (χ2n) is 31.4. The first-order chi connectivity index (χ1) is 66.5. The maximum Gasteiger partial charge on any atom is 0.338 e. The number of halogens is 8. The number of rotatable bonds is 33. The highest BCUT2D eigenvalue weighted by Gasteiger charge is 2.42. The molecule has 0 saturated carbocycles. The summed E-state index contributed by atoms with van der Waals surface area (Å²) >= 11 is 34.6. The maximum absolute atomic E-state index is 13.9. The number of thiazole rings is 4. The van der Waals surface area contributed by atoms with Crippen molar-refractivity contribution in [3.8, 4) is 0 Å². The van der Waals surface area contributed by atoms with Gasteiger partial charge in [-0.3, -0.25) is 44.4 Å². The third-order valence-electron chi connectivity index (χ3n) is 22.2. The quantitative estimate of drug-likeness (QED) is 0.00869. The minimum atomic E-state index is -0.815. The first-order valence-electron chi connectivity index (χ1n) is 44.1. The first-order valence-corrected chi connectivity index (χ1v) is 49.9. The number of morpholine rings is 4. The molecule has 0 aliphatic carbocycles. The smallest absolute Gasteiger partial charge is 0.338 e. The highest BCUT2D eigenvalue weighted by atomic mass is 79.9. The molecule has 6 unspecified atom stereocenters. The number of nitrogens with zero attached hydrogens (tertiary/aromatic N) is 12. The van der Waals surface area contributed by atoms with Crippen LogP contribution in [0.25, 0.3) is 0 Å². The number of carbonyl (C=O) groups is 5. The van der Waals surface area contributed by atoms with Crippen molar-refractivity contribution in [3.63, 3.8) is 0 Å². The average molecular weight is 2110 g/mol. The van der Waals surface area contributed by atoms with Gasteiger partial charge in [0.1, 0.15) is 41.6 Å². The third kappa shape index (κ3) is 28.3. The molecule has 8 atom stereocenters. The molecule has 8 aromatic rings. The van der Waals surface area contributed by atoms with Gasteiger partial charge in [0.2, 0.25) is 0 Å². The van der Waals surface area contributed by atoms with Gasteiger partial charge in [-0.1, -0.05) is 86.6 Å². The van der Waals surface area contributed by atoms with Crippen molar-refractivity contribution >= 4 is 161 Å². The lowest BCUT2D eigenvalue weighted by molar-refractivity contribution is -0.139. The Bertz CT molecular complexity index is 5570. The van der Waals surface area contributed by atoms with Crippen molar-refractivity contribution in [2.75, 3.05) is 158 Å². The monoisotopic (exact) mass is 2110 g/mol. The Morgan fingerprint density at radius 3 is 1.05 bits per heavy atom. The van der Waals surface area contributed by atoms with Crippen molar-refractivity contribution < 1.29 is 95.1 Å². The van der Waals surface area contributed by atoms with Crippen LogP contribution in [0.15, 0.2) is 189 Å². The van der Waals surface area contributed by atoms with Crippen LogP contribution in [0.5, 0.6) is 0 Å². The predicted molar refractivity (Wildman–Crippen MR) is 518 cm³/mol. The van der Waals surface area contributed by atoms with Crippen molar-refractivity contribution in [1.82, 2.24) is 60.8 Å². The minimum absolute atomic E-state index is 0.0141. The van der Waals surface area contributed by atoms with E-state index in [1.807, 2.05) is 21.5 Å². The Hall–Kier alpha value is -9.42. The normalized spacial score (nSPS) is 21.1. The summed E-state index contributed by atoms with van der Waals surface area (Å²) in [6.07, 6.45) is 8.05. The number of hydrogen-bond acceptors (Lipinski definition) is 37. The summed E-state index contributed by atoms with van der Waals surface area (Å²) in [5.41, 5.74) is 6.18. The summed E-state index contributed by atoms with van der Waals surface area (Å²) in [4.78, 5) is 108. The minimum Gasteiger partial charge on any atom is -0.468 e. The Morgan fingerprint density at radius 2 is 0.752 bits per heavy atom. The summed E-state index contributed by atoms with van der Waals surface area (Å²) in [7, 11) is 0. The Kier molecular flexibility index (Phi) is 40.0. The van der Waals surface area contributed by atoms with Crippen LogP contribution in [0, 0.1) is 17.5 Å². The summed E-state index contributed by atoms with van der Waals surface area (Å²) in [5, 5.41) is 52.7. The molecule has 4 fully saturated rings. The van der Waals surface area contributed by atoms with Crippen molar-refractivity contribution in [1.29, 1.82) is 0 Å². The number of esters is 4. The predicted octanol–water partition coefficient (Wildman–Crippen LogP) is 12.1. The molecule has 0 spiro atoms. The lowest BCUT2D eigenvalue weighted by atomic mass is 9.95. The van der Waals surface area contributed by atoms with Gasteiger partial charge in [-0.25, -0.2) is 52.3 Å². The number of aromatic nitrogens is 4. The van der Waals surface area contributed by atoms with E-state index in [-0.39, 0.29) is 93.1 Å². The zero-order valence-electron chi connectivity index (χ0n) is 74.9. The molecule has 732 valence electrons. The van der Waals surface area contributed by atoms with E-state index in [0.29, 0.717) is 250 Å². The van der Waals surface area contributed by atoms with Crippen LogP contribution in [-0.2, 0) is 66.6 Å². The topological polar surface area (TPSA) is 391 Å². The fraction of sp³-hybridized carbons (Fsp3) is 0.424. The standard InChI is InChI=1S/C24H28BrFN4O4S.C24H26ClFN4O5S.C22H24Cl2N4O4S.C22H24ClFN4O4S/c1-2-33-24(32)20-19(14-30-8-10-34-16(13-30)4-3-9-31)28-22(23-27-7-11-35-23)29-21(20)17-6-5-15(26)12-18(17)25;1-2-34-24(32)20-19(13-30-7-9-35-16(12-30)5-8-33-14-31)28-22(23-27-6-10-36-23)29-21(20)17-4-3-15(26)11-18(17)25;1-2-31-22(30)18-17(11-28-6-7-32-14(10-28)12-29)26-20(21-25-5-8-33-21)27-19(18)15-4-3-13(23)9-16(15)24;1-2-31-22(30)18-17(11-28-6-7-32-14(10-28)12-29)26-20(21-25-5-8-33-21)27-19(18)15-4-3-13(24)9-16(15)23/h5-7,11-12,16,21,31H,2-4,8-10,13-14H2,1H3,(H,28,29);3-4,6,10-11,14,16,21H,2,5,7-9,12-13H2,1H3,(H,28,29);2*3-5,8-9,14,19,29H,2,6-7,10-12H2,1H3,(H,26,27)/t;;2*14-,19?/m..00/s1. The zero-order valence-corrected chi connectivity index (χ0v) is 82.8. The molecule has 8 aliphatic rings. The maximum atomic E-state index is 13.9. The number of nitrogens with one attached hydrogen (secondary N) is 4. The van der Waals surface area contributed by atoms with E-state index in [4.69, 9.17) is 109 Å². The molecule has 4 saturated heterocycles. The van der Waals surface area contributed by atoms with Gasteiger partial charge in [-0.2, -0.15) is 0 Å². The molecule has 0 radical (unpaired) electrons. The molecular formula is C92H102BrCl4F3N16O17S4. The molecule has 33 nitrogen and oxygen atoms in total. The van der Waals surface area contributed by atoms with E-state index >= 15 is 0 Å². The van der Waals surface area contributed by atoms with Gasteiger partial charge in [0.25, 0.3) is 6.47 Å². The third-order valence-corrected chi connectivity index (χ3v) is 27.2. The molecular weight excluding hydrogens is 2010 g/mol. The number of aliphatic hydroxyl groups is 3. The van der Waals surface area contributed by atoms with E-state index in [0.717, 1.165) is 6.42 Å². The van der Waals surface area contributed by atoms with E-state index in [1.54, 1.807) is 76.7 Å². The lowest BCUT2D eigenvalue weighted by Crippen LogP contribution is -2.47. The molecule has 0 bridgehead atoms. The van der Waals surface area contributed by atoms with E-state index in [2.05, 4.69) is 76.7 Å². The van der Waals surface area contributed by atoms with Crippen molar-refractivity contribution in [2.24, 2.45) is 20.0 Å². The van der Waals surface area contributed by atoms with Crippen LogP contribution in [0.3, 0.4) is 0 Å². The number of aliphatic hydroxyl groups excluding tert-OH is 3. The second kappa shape index (κ2) is 52.2. The molecule has 8 aliphatic heterocycles. The fourth-order valence-corrected chi connectivity index (χ4v) is 20.0. The van der Waals surface area contributed by atoms with Gasteiger partial charge in [0.15, 0.2) is 43.4 Å². The van der Waals surface area contributed by atoms with Crippen LogP contribution in [0.4, 0.5) is 13.2 Å². The summed E-state index contributed by atoms with van der Waals surface area (Å²) in [6.45, 7) is 17.0. The van der Waals surface area contributed by atoms with Crippen LogP contribution >= 0.6 is 108 Å². The summed E-state index contributed by atoms with van der Waals surface area (Å²) in [6, 6.07) is 14.5. The highest BCUT2D eigenvalue weighted by molar-refractivity contribution is 9.10. The van der Waals surface area contributed by atoms with Crippen molar-refractivity contribution in [2.45, 2.75) is 95.5 Å². The van der Waals surface area contributed by atoms with E-state index in [9.17, 15) is 52.5 Å². The van der Waals surface area contributed by atoms with Crippen LogP contribution in [-0.4, -0.2) is 291 Å². The lowest BCUT2D eigenvalue weighted by Gasteiger charge is -2.35. The van der Waals surface area contributed by atoms with E-state index in [1.165, 1.54) is 93.9 Å². The molecule has 4 aromatic heterocycles. The molecule has 7 N–H and O–H groups in total. The molecule has 12 heterocycles. The molecule has 16 rings (SSSR count). The van der Waals surface area contributed by atoms with Gasteiger partial charge in [-0.05, 0) is 94.6 Å². The number of ether oxygens (including phenoxy) is 9. The second-order valence-corrected chi connectivity index (χ2v) is 37.5. The molecule has 0 amide bonds. The Labute approximate surface area is 833 Å². The first kappa shape index (κ1) is 105. The van der Waals surface area contributed by atoms with Crippen molar-refractivity contribution in [3.05, 3.63) is 248 Å². The average Bonchev–Trinajstić information content (AvgIpc) is 1.65. The van der Waals surface area contributed by atoms with Gasteiger partial charge in [0.05, 0.1) is 119 Å². The van der Waals surface area contributed by atoms with Crippen LogP contribution in [0.2, 0.25) is 20.1 Å². The van der Waals surface area contributed by atoms with Crippen LogP contribution < -0.4 is 21.3 Å².